The van der Waals surface area contributed by atoms with E-state index in [4.69, 9.17) is 8.83 Å². The van der Waals surface area contributed by atoms with Crippen LogP contribution in [0, 0.1) is 0 Å². The third kappa shape index (κ3) is 4.12. The van der Waals surface area contributed by atoms with Gasteiger partial charge in [0.15, 0.2) is 0 Å². The second-order valence-electron chi connectivity index (χ2n) is 15.5. The van der Waals surface area contributed by atoms with Crippen molar-refractivity contribution < 1.29 is 8.83 Å². The molecule has 2 heterocycles. The van der Waals surface area contributed by atoms with E-state index in [1.165, 1.54) is 50.1 Å². The van der Waals surface area contributed by atoms with Crippen molar-refractivity contribution in [3.05, 3.63) is 222 Å². The Labute approximate surface area is 334 Å². The third-order valence-corrected chi connectivity index (χ3v) is 12.7. The minimum atomic E-state index is -0.509. The van der Waals surface area contributed by atoms with Crippen LogP contribution >= 0.6 is 0 Å². The smallest absolute Gasteiger partial charge is 0.143 e. The highest BCUT2D eigenvalue weighted by Crippen LogP contribution is 2.64. The summed E-state index contributed by atoms with van der Waals surface area (Å²) >= 11 is 0. The fraction of sp³-hybridized carbons (Fsp3) is 0.0182. The van der Waals surface area contributed by atoms with E-state index in [1.54, 1.807) is 0 Å². The molecule has 11 aromatic rings. The van der Waals surface area contributed by atoms with Crippen LogP contribution < -0.4 is 4.90 Å². The van der Waals surface area contributed by atoms with E-state index in [2.05, 4.69) is 193 Å². The molecule has 1 unspecified atom stereocenters. The van der Waals surface area contributed by atoms with Gasteiger partial charge in [0.2, 0.25) is 0 Å². The molecule has 0 amide bonds. The molecule has 13 rings (SSSR count). The lowest BCUT2D eigenvalue weighted by molar-refractivity contribution is 0.668. The molecule has 58 heavy (non-hydrogen) atoms. The highest BCUT2D eigenvalue weighted by Gasteiger charge is 2.52. The summed E-state index contributed by atoms with van der Waals surface area (Å²) in [6.07, 6.45) is 0. The fourth-order valence-corrected chi connectivity index (χ4v) is 10.3. The zero-order valence-electron chi connectivity index (χ0n) is 31.3. The molecule has 3 heteroatoms. The fourth-order valence-electron chi connectivity index (χ4n) is 10.3. The van der Waals surface area contributed by atoms with E-state index in [0.717, 1.165) is 66.5 Å². The van der Waals surface area contributed by atoms with Gasteiger partial charge in [0.25, 0.3) is 0 Å². The Morgan fingerprint density at radius 1 is 0.345 bits per heavy atom. The molecular formula is C55H33NO2. The number of para-hydroxylation sites is 3. The molecule has 270 valence electrons. The minimum Gasteiger partial charge on any atom is -0.456 e. The second-order valence-corrected chi connectivity index (χ2v) is 15.5. The number of hydrogen-bond acceptors (Lipinski definition) is 3. The van der Waals surface area contributed by atoms with Gasteiger partial charge in [0, 0.05) is 44.0 Å². The van der Waals surface area contributed by atoms with Gasteiger partial charge in [0.1, 0.15) is 22.3 Å². The minimum absolute atomic E-state index is 0.509. The molecule has 1 spiro atoms. The molecular weight excluding hydrogens is 707 g/mol. The van der Waals surface area contributed by atoms with Crippen molar-refractivity contribution in [1.29, 1.82) is 0 Å². The number of fused-ring (bicyclic) bond motifs is 17. The van der Waals surface area contributed by atoms with E-state index in [1.807, 2.05) is 12.1 Å². The quantitative estimate of drug-likeness (QED) is 0.180. The predicted molar refractivity (Wildman–Crippen MR) is 237 cm³/mol. The van der Waals surface area contributed by atoms with Crippen molar-refractivity contribution in [2.75, 3.05) is 4.90 Å². The maximum Gasteiger partial charge on any atom is 0.143 e. The lowest BCUT2D eigenvalue weighted by Gasteiger charge is -2.31. The molecule has 0 saturated carbocycles. The monoisotopic (exact) mass is 739 g/mol. The van der Waals surface area contributed by atoms with Crippen LogP contribution in [0.3, 0.4) is 0 Å². The average Bonchev–Trinajstić information content (AvgIpc) is 4.02. The van der Waals surface area contributed by atoms with Crippen LogP contribution in [0.4, 0.5) is 17.1 Å². The first-order chi connectivity index (χ1) is 28.8. The first-order valence-corrected chi connectivity index (χ1v) is 19.9. The van der Waals surface area contributed by atoms with Crippen molar-refractivity contribution in [2.45, 2.75) is 5.41 Å². The van der Waals surface area contributed by atoms with Crippen molar-refractivity contribution in [2.24, 2.45) is 0 Å². The number of furan rings is 2. The molecule has 0 N–H and O–H groups in total. The first-order valence-electron chi connectivity index (χ1n) is 19.9. The molecule has 0 bridgehead atoms. The predicted octanol–water partition coefficient (Wildman–Crippen LogP) is 15.0. The summed E-state index contributed by atoms with van der Waals surface area (Å²) in [7, 11) is 0. The van der Waals surface area contributed by atoms with Gasteiger partial charge in [-0.1, -0.05) is 152 Å². The van der Waals surface area contributed by atoms with Gasteiger partial charge >= 0.3 is 0 Å². The molecule has 0 fully saturated rings. The molecule has 0 saturated heterocycles. The number of anilines is 3. The topological polar surface area (TPSA) is 29.5 Å². The van der Waals surface area contributed by atoms with Gasteiger partial charge in [-0.3, -0.25) is 0 Å². The molecule has 0 radical (unpaired) electrons. The summed E-state index contributed by atoms with van der Waals surface area (Å²) in [6, 6.07) is 72.5. The zero-order valence-corrected chi connectivity index (χ0v) is 31.3. The standard InChI is InChI=1S/C55H33NO2/c1-2-14-34(15-3-1)37-16-6-11-23-49(37)56(36-27-31-52-44(33-36)40-19-8-12-24-50(40)57-52)35-26-29-47-43(32-35)38-17-4-9-21-45(38)55(47)46-22-10-5-20-42(46)53-48(55)30-28-41-39-18-7-13-25-51(39)58-54(41)53/h1-33H. The molecule has 9 aromatic carbocycles. The van der Waals surface area contributed by atoms with Crippen LogP contribution in [0.25, 0.3) is 77.3 Å². The Balaban J connectivity index is 1.09. The summed E-state index contributed by atoms with van der Waals surface area (Å²) in [4.78, 5) is 2.42. The van der Waals surface area contributed by atoms with Gasteiger partial charge < -0.3 is 13.7 Å². The van der Waals surface area contributed by atoms with E-state index in [-0.39, 0.29) is 0 Å². The second kappa shape index (κ2) is 11.7. The van der Waals surface area contributed by atoms with Crippen LogP contribution in [0.2, 0.25) is 0 Å². The Bertz CT molecular complexity index is 3480. The van der Waals surface area contributed by atoms with Crippen LogP contribution in [0.1, 0.15) is 22.3 Å². The molecule has 0 aliphatic heterocycles. The number of nitrogens with zero attached hydrogens (tertiary/aromatic N) is 1. The van der Waals surface area contributed by atoms with Gasteiger partial charge in [-0.05, 0) is 93.0 Å². The van der Waals surface area contributed by atoms with E-state index >= 15 is 0 Å². The zero-order chi connectivity index (χ0) is 38.0. The highest BCUT2D eigenvalue weighted by atomic mass is 16.3. The number of rotatable bonds is 4. The normalized spacial score (nSPS) is 15.0. The summed E-state index contributed by atoms with van der Waals surface area (Å²) in [5.74, 6) is 0. The van der Waals surface area contributed by atoms with Crippen molar-refractivity contribution in [3.63, 3.8) is 0 Å². The van der Waals surface area contributed by atoms with Gasteiger partial charge in [-0.25, -0.2) is 0 Å². The SMILES string of the molecule is c1ccc(-c2ccccc2N(c2ccc3c(c2)-c2ccccc2C32c3ccccc3-c3c2ccc2c3oc3ccccc32)c2ccc3oc4ccccc4c3c2)cc1. The van der Waals surface area contributed by atoms with Crippen molar-refractivity contribution in [1.82, 2.24) is 0 Å². The number of hydrogen-bond donors (Lipinski definition) is 0. The maximum atomic E-state index is 6.77. The summed E-state index contributed by atoms with van der Waals surface area (Å²) < 4.78 is 13.1. The van der Waals surface area contributed by atoms with E-state index in [0.29, 0.717) is 0 Å². The lowest BCUT2D eigenvalue weighted by atomic mass is 9.70. The molecule has 2 aliphatic rings. The van der Waals surface area contributed by atoms with Gasteiger partial charge in [-0.15, -0.1) is 0 Å². The summed E-state index contributed by atoms with van der Waals surface area (Å²) in [5, 5.41) is 4.50. The van der Waals surface area contributed by atoms with Crippen LogP contribution in [-0.2, 0) is 5.41 Å². The molecule has 2 aromatic heterocycles. The lowest BCUT2D eigenvalue weighted by Crippen LogP contribution is -2.25. The van der Waals surface area contributed by atoms with Crippen LogP contribution in [0.15, 0.2) is 209 Å². The van der Waals surface area contributed by atoms with Crippen molar-refractivity contribution in [3.8, 4) is 33.4 Å². The highest BCUT2D eigenvalue weighted by molar-refractivity contribution is 6.13. The largest absolute Gasteiger partial charge is 0.456 e. The van der Waals surface area contributed by atoms with Crippen molar-refractivity contribution >= 4 is 60.9 Å². The third-order valence-electron chi connectivity index (χ3n) is 12.7. The first kappa shape index (κ1) is 31.6. The summed E-state index contributed by atoms with van der Waals surface area (Å²) in [5.41, 5.74) is 18.7. The van der Waals surface area contributed by atoms with E-state index < -0.39 is 5.41 Å². The van der Waals surface area contributed by atoms with Crippen LogP contribution in [0.5, 0.6) is 0 Å². The van der Waals surface area contributed by atoms with Crippen LogP contribution in [-0.4, -0.2) is 0 Å². The average molecular weight is 740 g/mol. The molecule has 3 nitrogen and oxygen atoms in total. The van der Waals surface area contributed by atoms with Gasteiger partial charge in [-0.2, -0.15) is 0 Å². The summed E-state index contributed by atoms with van der Waals surface area (Å²) in [6.45, 7) is 0. The Hall–Kier alpha value is -7.62. The maximum absolute atomic E-state index is 6.77. The Morgan fingerprint density at radius 2 is 0.914 bits per heavy atom. The molecule has 1 atom stereocenters. The molecule has 2 aliphatic carbocycles. The number of benzene rings is 9. The van der Waals surface area contributed by atoms with Gasteiger partial charge in [0.05, 0.1) is 11.1 Å². The van der Waals surface area contributed by atoms with E-state index in [9.17, 15) is 0 Å². The Morgan fingerprint density at radius 3 is 1.74 bits per heavy atom. The Kier molecular flexibility index (Phi) is 6.37.